The minimum Gasteiger partial charge on any atom is -0.393 e. The standard InChI is InChI=1S/C22H26N4O3/c1-16(9-11-26-12-10-21(28)25(2)22(26)29)20(27)8-5-17-3-6-18(7-4-17)19-13-23-15-24-14-19/h3-4,6-7,10,12-16,20,27H,5,8-9,11H2,1-2H3. The quantitative estimate of drug-likeness (QED) is 0.631. The van der Waals surface area contributed by atoms with Gasteiger partial charge in [0.25, 0.3) is 5.56 Å². The maximum Gasteiger partial charge on any atom is 0.330 e. The molecular formula is C22H26N4O3. The summed E-state index contributed by atoms with van der Waals surface area (Å²) in [5.74, 6) is 0.0416. The number of hydrogen-bond donors (Lipinski definition) is 1. The molecule has 0 aliphatic heterocycles. The van der Waals surface area contributed by atoms with E-state index in [-0.39, 0.29) is 17.2 Å². The average molecular weight is 394 g/mol. The van der Waals surface area contributed by atoms with E-state index in [2.05, 4.69) is 22.1 Å². The van der Waals surface area contributed by atoms with Gasteiger partial charge in [-0.1, -0.05) is 31.2 Å². The molecule has 1 N–H and O–H groups in total. The first-order valence-electron chi connectivity index (χ1n) is 9.74. The second kappa shape index (κ2) is 9.43. The van der Waals surface area contributed by atoms with E-state index in [1.165, 1.54) is 30.2 Å². The first-order valence-corrected chi connectivity index (χ1v) is 9.74. The summed E-state index contributed by atoms with van der Waals surface area (Å²) >= 11 is 0. The average Bonchev–Trinajstić information content (AvgIpc) is 2.76. The number of aliphatic hydroxyl groups excluding tert-OH is 1. The lowest BCUT2D eigenvalue weighted by Gasteiger charge is -2.19. The molecule has 0 fully saturated rings. The van der Waals surface area contributed by atoms with Crippen molar-refractivity contribution in [1.29, 1.82) is 0 Å². The van der Waals surface area contributed by atoms with Crippen molar-refractivity contribution in [2.45, 2.75) is 38.8 Å². The van der Waals surface area contributed by atoms with Gasteiger partial charge in [0.1, 0.15) is 6.33 Å². The van der Waals surface area contributed by atoms with Crippen molar-refractivity contribution in [3.05, 3.63) is 81.7 Å². The van der Waals surface area contributed by atoms with E-state index < -0.39 is 6.10 Å². The van der Waals surface area contributed by atoms with Gasteiger partial charge in [-0.3, -0.25) is 9.36 Å². The fourth-order valence-electron chi connectivity index (χ4n) is 3.23. The first kappa shape index (κ1) is 20.7. The fraction of sp³-hybridized carbons (Fsp3) is 0.364. The largest absolute Gasteiger partial charge is 0.393 e. The fourth-order valence-corrected chi connectivity index (χ4v) is 3.23. The molecule has 2 atom stereocenters. The normalized spacial score (nSPS) is 13.2. The van der Waals surface area contributed by atoms with Crippen LogP contribution in [-0.4, -0.2) is 30.3 Å². The number of rotatable bonds is 8. The maximum absolute atomic E-state index is 12.1. The SMILES string of the molecule is CC(CCn1ccc(=O)n(C)c1=O)C(O)CCc1ccc(-c2cncnc2)cc1. The summed E-state index contributed by atoms with van der Waals surface area (Å²) in [5, 5.41) is 10.5. The van der Waals surface area contributed by atoms with Crippen molar-refractivity contribution in [2.75, 3.05) is 0 Å². The van der Waals surface area contributed by atoms with E-state index in [9.17, 15) is 14.7 Å². The Bertz CT molecular complexity index is 1040. The van der Waals surface area contributed by atoms with Crippen LogP contribution >= 0.6 is 0 Å². The zero-order valence-corrected chi connectivity index (χ0v) is 16.7. The molecule has 3 aromatic rings. The predicted molar refractivity (Wildman–Crippen MR) is 112 cm³/mol. The molecule has 29 heavy (non-hydrogen) atoms. The van der Waals surface area contributed by atoms with Crippen LogP contribution in [0.3, 0.4) is 0 Å². The lowest BCUT2D eigenvalue weighted by atomic mass is 9.94. The van der Waals surface area contributed by atoms with Gasteiger partial charge in [-0.05, 0) is 36.3 Å². The van der Waals surface area contributed by atoms with Gasteiger partial charge < -0.3 is 9.67 Å². The van der Waals surface area contributed by atoms with E-state index in [0.29, 0.717) is 19.4 Å². The van der Waals surface area contributed by atoms with Crippen LogP contribution in [0.4, 0.5) is 0 Å². The highest BCUT2D eigenvalue weighted by Gasteiger charge is 2.15. The van der Waals surface area contributed by atoms with Gasteiger partial charge >= 0.3 is 5.69 Å². The van der Waals surface area contributed by atoms with E-state index in [1.54, 1.807) is 12.4 Å². The molecule has 0 radical (unpaired) electrons. The van der Waals surface area contributed by atoms with E-state index >= 15 is 0 Å². The van der Waals surface area contributed by atoms with Crippen LogP contribution in [0.15, 0.2) is 64.8 Å². The smallest absolute Gasteiger partial charge is 0.330 e. The summed E-state index contributed by atoms with van der Waals surface area (Å²) in [6, 6.07) is 9.58. The Balaban J connectivity index is 1.51. The molecule has 7 nitrogen and oxygen atoms in total. The minimum atomic E-state index is -0.458. The van der Waals surface area contributed by atoms with Gasteiger partial charge in [0.05, 0.1) is 6.10 Å². The third kappa shape index (κ3) is 5.26. The van der Waals surface area contributed by atoms with E-state index in [4.69, 9.17) is 0 Å². The van der Waals surface area contributed by atoms with Crippen LogP contribution in [0.25, 0.3) is 11.1 Å². The van der Waals surface area contributed by atoms with E-state index in [1.807, 2.05) is 19.1 Å². The molecule has 0 aliphatic rings. The first-order chi connectivity index (χ1) is 14.0. The molecule has 0 aliphatic carbocycles. The van der Waals surface area contributed by atoms with Crippen molar-refractivity contribution >= 4 is 0 Å². The Labute approximate surface area is 169 Å². The van der Waals surface area contributed by atoms with Crippen LogP contribution in [0.1, 0.15) is 25.3 Å². The van der Waals surface area contributed by atoms with Gasteiger partial charge in [-0.15, -0.1) is 0 Å². The number of aryl methyl sites for hydroxylation is 2. The molecule has 3 rings (SSSR count). The monoisotopic (exact) mass is 394 g/mol. The zero-order chi connectivity index (χ0) is 20.8. The van der Waals surface area contributed by atoms with Crippen molar-refractivity contribution in [3.63, 3.8) is 0 Å². The van der Waals surface area contributed by atoms with Crippen LogP contribution in [0.2, 0.25) is 0 Å². The summed E-state index contributed by atoms with van der Waals surface area (Å²) in [7, 11) is 1.47. The van der Waals surface area contributed by atoms with Crippen molar-refractivity contribution in [2.24, 2.45) is 13.0 Å². The second-order valence-electron chi connectivity index (χ2n) is 7.39. The number of aliphatic hydroxyl groups is 1. The highest BCUT2D eigenvalue weighted by atomic mass is 16.3. The molecule has 2 unspecified atom stereocenters. The lowest BCUT2D eigenvalue weighted by molar-refractivity contribution is 0.100. The van der Waals surface area contributed by atoms with Crippen LogP contribution in [0, 0.1) is 5.92 Å². The molecule has 1 aromatic carbocycles. The molecule has 0 saturated heterocycles. The number of benzene rings is 1. The van der Waals surface area contributed by atoms with Crippen molar-refractivity contribution in [1.82, 2.24) is 19.1 Å². The third-order valence-electron chi connectivity index (χ3n) is 5.32. The van der Waals surface area contributed by atoms with Gasteiger partial charge in [0, 0.05) is 43.8 Å². The van der Waals surface area contributed by atoms with Gasteiger partial charge in [0.2, 0.25) is 0 Å². The number of hydrogen-bond acceptors (Lipinski definition) is 5. The van der Waals surface area contributed by atoms with Crippen LogP contribution < -0.4 is 11.2 Å². The predicted octanol–water partition coefficient (Wildman–Crippen LogP) is 2.02. The molecule has 2 heterocycles. The summed E-state index contributed by atoms with van der Waals surface area (Å²) in [6.45, 7) is 2.45. The van der Waals surface area contributed by atoms with Crippen molar-refractivity contribution < 1.29 is 5.11 Å². The molecule has 152 valence electrons. The van der Waals surface area contributed by atoms with E-state index in [0.717, 1.165) is 27.7 Å². The third-order valence-corrected chi connectivity index (χ3v) is 5.32. The minimum absolute atomic E-state index is 0.0416. The topological polar surface area (TPSA) is 90.0 Å². The molecule has 0 amide bonds. The highest BCUT2D eigenvalue weighted by molar-refractivity contribution is 5.61. The molecular weight excluding hydrogens is 368 g/mol. The van der Waals surface area contributed by atoms with Crippen LogP contribution in [0.5, 0.6) is 0 Å². The Hall–Kier alpha value is -3.06. The summed E-state index contributed by atoms with van der Waals surface area (Å²) < 4.78 is 2.60. The van der Waals surface area contributed by atoms with Gasteiger partial charge in [0.15, 0.2) is 0 Å². The Morgan fingerprint density at radius 3 is 2.38 bits per heavy atom. The number of aromatic nitrogens is 4. The molecule has 7 heteroatoms. The second-order valence-corrected chi connectivity index (χ2v) is 7.39. The van der Waals surface area contributed by atoms with Crippen LogP contribution in [-0.2, 0) is 20.0 Å². The molecule has 0 bridgehead atoms. The maximum atomic E-state index is 12.1. The summed E-state index contributed by atoms with van der Waals surface area (Å²) in [6.07, 6.45) is 8.21. The summed E-state index contributed by atoms with van der Waals surface area (Å²) in [4.78, 5) is 31.6. The zero-order valence-electron chi connectivity index (χ0n) is 16.7. The van der Waals surface area contributed by atoms with Gasteiger partial charge in [-0.2, -0.15) is 0 Å². The Kier molecular flexibility index (Phi) is 6.72. The lowest BCUT2D eigenvalue weighted by Crippen LogP contribution is -2.37. The molecule has 0 saturated carbocycles. The molecule has 0 spiro atoms. The highest BCUT2D eigenvalue weighted by Crippen LogP contribution is 2.20. The molecule has 2 aromatic heterocycles. The van der Waals surface area contributed by atoms with Gasteiger partial charge in [-0.25, -0.2) is 14.8 Å². The summed E-state index contributed by atoms with van der Waals surface area (Å²) in [5.41, 5.74) is 2.55. The Morgan fingerprint density at radius 1 is 1.00 bits per heavy atom. The number of nitrogens with zero attached hydrogens (tertiary/aromatic N) is 4. The van der Waals surface area contributed by atoms with Crippen molar-refractivity contribution in [3.8, 4) is 11.1 Å². The Morgan fingerprint density at radius 2 is 1.69 bits per heavy atom.